The molecule has 0 aliphatic heterocycles. The van der Waals surface area contributed by atoms with Crippen LogP contribution in [-0.4, -0.2) is 64.7 Å². The number of nitrogens with one attached hydrogen (secondary N) is 1. The van der Waals surface area contributed by atoms with Crippen molar-refractivity contribution in [3.63, 3.8) is 0 Å². The second kappa shape index (κ2) is 12.8. The first-order valence-corrected chi connectivity index (χ1v) is 13.7. The Morgan fingerprint density at radius 2 is 1.74 bits per heavy atom. The minimum absolute atomic E-state index is 0.125. The Labute approximate surface area is 215 Å². The third kappa shape index (κ3) is 7.86. The van der Waals surface area contributed by atoms with Crippen molar-refractivity contribution in [2.24, 2.45) is 0 Å². The Hall–Kier alpha value is -2.79. The average molecular weight is 571 g/mol. The minimum atomic E-state index is -3.90. The molecule has 0 aromatic heterocycles. The van der Waals surface area contributed by atoms with E-state index >= 15 is 0 Å². The van der Waals surface area contributed by atoms with Gasteiger partial charge in [0.15, 0.2) is 0 Å². The van der Waals surface area contributed by atoms with Crippen LogP contribution in [0.2, 0.25) is 0 Å². The van der Waals surface area contributed by atoms with E-state index in [-0.39, 0.29) is 23.9 Å². The molecular formula is C24H32BrN3O6S. The van der Waals surface area contributed by atoms with Crippen LogP contribution in [0, 0.1) is 0 Å². The van der Waals surface area contributed by atoms with E-state index in [2.05, 4.69) is 21.2 Å². The fraction of sp³-hybridized carbons (Fsp3) is 0.417. The third-order valence-corrected chi connectivity index (χ3v) is 6.97. The van der Waals surface area contributed by atoms with Crippen LogP contribution >= 0.6 is 15.9 Å². The molecule has 0 fully saturated rings. The molecule has 0 radical (unpaired) electrons. The topological polar surface area (TPSA) is 105 Å². The first-order valence-electron chi connectivity index (χ1n) is 11.0. The number of sulfonamides is 1. The number of hydrogen-bond acceptors (Lipinski definition) is 6. The summed E-state index contributed by atoms with van der Waals surface area (Å²) in [6.07, 6.45) is 1.76. The molecule has 0 saturated heterocycles. The number of amides is 2. The molecule has 0 saturated carbocycles. The summed E-state index contributed by atoms with van der Waals surface area (Å²) in [5.41, 5.74) is 0.955. The minimum Gasteiger partial charge on any atom is -0.497 e. The number of methoxy groups -OCH3 is 2. The molecule has 192 valence electrons. The molecule has 35 heavy (non-hydrogen) atoms. The zero-order valence-electron chi connectivity index (χ0n) is 20.6. The average Bonchev–Trinajstić information content (AvgIpc) is 2.83. The molecule has 1 atom stereocenters. The van der Waals surface area contributed by atoms with Gasteiger partial charge in [-0.1, -0.05) is 35.0 Å². The Balaban J connectivity index is 2.45. The van der Waals surface area contributed by atoms with Gasteiger partial charge in [-0.2, -0.15) is 0 Å². The highest BCUT2D eigenvalue weighted by Crippen LogP contribution is 2.34. The van der Waals surface area contributed by atoms with E-state index in [9.17, 15) is 18.0 Å². The zero-order valence-corrected chi connectivity index (χ0v) is 23.0. The van der Waals surface area contributed by atoms with Gasteiger partial charge in [0, 0.05) is 23.6 Å². The lowest BCUT2D eigenvalue weighted by atomic mass is 10.1. The normalized spacial score (nSPS) is 11.9. The third-order valence-electron chi connectivity index (χ3n) is 5.32. The number of benzene rings is 2. The standard InChI is InChI=1S/C24H32BrN3O6S/c1-6-13-26-24(30)17(2)27(15-18-7-9-19(25)10-8-18)23(29)16-28(35(5,31)32)21-14-20(33-3)11-12-22(21)34-4/h7-12,14,17H,6,13,15-16H2,1-5H3,(H,26,30). The number of rotatable bonds is 12. The van der Waals surface area contributed by atoms with Gasteiger partial charge in [0.2, 0.25) is 21.8 Å². The van der Waals surface area contributed by atoms with Crippen LogP contribution in [0.5, 0.6) is 11.5 Å². The lowest BCUT2D eigenvalue weighted by Gasteiger charge is -2.32. The van der Waals surface area contributed by atoms with Crippen molar-refractivity contribution in [3.05, 3.63) is 52.5 Å². The van der Waals surface area contributed by atoms with Gasteiger partial charge in [0.05, 0.1) is 26.2 Å². The maximum atomic E-state index is 13.6. The monoisotopic (exact) mass is 569 g/mol. The molecule has 1 unspecified atom stereocenters. The van der Waals surface area contributed by atoms with Crippen molar-refractivity contribution in [2.45, 2.75) is 32.9 Å². The molecule has 2 rings (SSSR count). The first-order chi connectivity index (χ1) is 16.5. The van der Waals surface area contributed by atoms with E-state index in [4.69, 9.17) is 9.47 Å². The molecule has 2 amide bonds. The van der Waals surface area contributed by atoms with Crippen LogP contribution in [0.25, 0.3) is 0 Å². The van der Waals surface area contributed by atoms with Gasteiger partial charge in [-0.15, -0.1) is 0 Å². The highest BCUT2D eigenvalue weighted by molar-refractivity contribution is 9.10. The summed E-state index contributed by atoms with van der Waals surface area (Å²) >= 11 is 3.39. The molecule has 0 bridgehead atoms. The summed E-state index contributed by atoms with van der Waals surface area (Å²) in [6.45, 7) is 3.63. The summed E-state index contributed by atoms with van der Waals surface area (Å²) in [4.78, 5) is 27.7. The quantitative estimate of drug-likeness (QED) is 0.421. The molecule has 0 aliphatic rings. The van der Waals surface area contributed by atoms with Gasteiger partial charge >= 0.3 is 0 Å². The van der Waals surface area contributed by atoms with Gasteiger partial charge in [-0.05, 0) is 43.2 Å². The highest BCUT2D eigenvalue weighted by atomic mass is 79.9. The number of carbonyl (C=O) groups excluding carboxylic acids is 2. The van der Waals surface area contributed by atoms with Crippen molar-refractivity contribution in [1.29, 1.82) is 0 Å². The fourth-order valence-corrected chi connectivity index (χ4v) is 4.46. The summed E-state index contributed by atoms with van der Waals surface area (Å²) in [5.74, 6) is -0.192. The lowest BCUT2D eigenvalue weighted by Crippen LogP contribution is -2.51. The number of ether oxygens (including phenoxy) is 2. The van der Waals surface area contributed by atoms with E-state index < -0.39 is 28.5 Å². The Morgan fingerprint density at radius 1 is 1.09 bits per heavy atom. The summed E-state index contributed by atoms with van der Waals surface area (Å²) in [7, 11) is -1.03. The molecule has 11 heteroatoms. The van der Waals surface area contributed by atoms with Crippen LogP contribution in [0.1, 0.15) is 25.8 Å². The molecule has 1 N–H and O–H groups in total. The molecule has 0 heterocycles. The van der Waals surface area contributed by atoms with Crippen molar-refractivity contribution in [1.82, 2.24) is 10.2 Å². The summed E-state index contributed by atoms with van der Waals surface area (Å²) in [5, 5.41) is 2.80. The SMILES string of the molecule is CCCNC(=O)C(C)N(Cc1ccc(Br)cc1)C(=O)CN(c1cc(OC)ccc1OC)S(C)(=O)=O. The van der Waals surface area contributed by atoms with E-state index in [1.54, 1.807) is 19.1 Å². The number of nitrogens with zero attached hydrogens (tertiary/aromatic N) is 2. The molecule has 0 spiro atoms. The number of hydrogen-bond donors (Lipinski definition) is 1. The Kier molecular flexibility index (Phi) is 10.4. The van der Waals surface area contributed by atoms with E-state index in [0.29, 0.717) is 12.3 Å². The molecular weight excluding hydrogens is 538 g/mol. The van der Waals surface area contributed by atoms with Crippen LogP contribution in [0.4, 0.5) is 5.69 Å². The van der Waals surface area contributed by atoms with Crippen molar-refractivity contribution >= 4 is 43.5 Å². The van der Waals surface area contributed by atoms with Crippen molar-refractivity contribution in [2.75, 3.05) is 37.9 Å². The van der Waals surface area contributed by atoms with E-state index in [1.165, 1.54) is 25.2 Å². The predicted octanol–water partition coefficient (Wildman–Crippen LogP) is 3.18. The first kappa shape index (κ1) is 28.4. The van der Waals surface area contributed by atoms with E-state index in [1.807, 2.05) is 31.2 Å². The molecule has 2 aromatic rings. The van der Waals surface area contributed by atoms with Crippen LogP contribution in [0.15, 0.2) is 46.9 Å². The van der Waals surface area contributed by atoms with Gasteiger partial charge in [-0.25, -0.2) is 8.42 Å². The van der Waals surface area contributed by atoms with Crippen LogP contribution in [0.3, 0.4) is 0 Å². The maximum absolute atomic E-state index is 13.6. The Morgan fingerprint density at radius 3 is 2.29 bits per heavy atom. The Bertz CT molecular complexity index is 1120. The summed E-state index contributed by atoms with van der Waals surface area (Å²) in [6, 6.07) is 11.2. The van der Waals surface area contributed by atoms with Gasteiger partial charge in [0.25, 0.3) is 0 Å². The molecule has 0 aliphatic carbocycles. The molecule has 2 aromatic carbocycles. The number of carbonyl (C=O) groups is 2. The van der Waals surface area contributed by atoms with Crippen molar-refractivity contribution in [3.8, 4) is 11.5 Å². The smallest absolute Gasteiger partial charge is 0.244 e. The molecule has 9 nitrogen and oxygen atoms in total. The summed E-state index contributed by atoms with van der Waals surface area (Å²) < 4.78 is 38.0. The van der Waals surface area contributed by atoms with Crippen molar-refractivity contribution < 1.29 is 27.5 Å². The second-order valence-corrected chi connectivity index (χ2v) is 10.7. The lowest BCUT2D eigenvalue weighted by molar-refractivity contribution is -0.139. The van der Waals surface area contributed by atoms with Crippen LogP contribution < -0.4 is 19.1 Å². The van der Waals surface area contributed by atoms with Crippen LogP contribution in [-0.2, 0) is 26.2 Å². The number of halogens is 1. The second-order valence-electron chi connectivity index (χ2n) is 7.92. The highest BCUT2D eigenvalue weighted by Gasteiger charge is 2.31. The maximum Gasteiger partial charge on any atom is 0.244 e. The van der Waals surface area contributed by atoms with Gasteiger partial charge in [-0.3, -0.25) is 13.9 Å². The number of anilines is 1. The zero-order chi connectivity index (χ0) is 26.2. The fourth-order valence-electron chi connectivity index (χ4n) is 3.35. The van der Waals surface area contributed by atoms with Gasteiger partial charge in [0.1, 0.15) is 24.1 Å². The van der Waals surface area contributed by atoms with Gasteiger partial charge < -0.3 is 19.7 Å². The predicted molar refractivity (Wildman–Crippen MR) is 139 cm³/mol. The largest absolute Gasteiger partial charge is 0.497 e. The van der Waals surface area contributed by atoms with E-state index in [0.717, 1.165) is 27.0 Å².